The molecule has 2 N–H and O–H groups in total. The Kier molecular flexibility index (Phi) is 4.38. The Morgan fingerprint density at radius 2 is 2.17 bits per heavy atom. The molecule has 2 amide bonds. The largest absolute Gasteiger partial charge is 0.349 e. The van der Waals surface area contributed by atoms with Crippen LogP contribution in [0, 0.1) is 12.8 Å². The lowest BCUT2D eigenvalue weighted by Gasteiger charge is -2.20. The minimum absolute atomic E-state index is 0.0555. The van der Waals surface area contributed by atoms with Crippen LogP contribution < -0.4 is 10.6 Å². The minimum atomic E-state index is -0.230. The highest BCUT2D eigenvalue weighted by molar-refractivity contribution is 5.96. The Balaban J connectivity index is 1.75. The van der Waals surface area contributed by atoms with Gasteiger partial charge >= 0.3 is 0 Å². The molecule has 24 heavy (non-hydrogen) atoms. The van der Waals surface area contributed by atoms with E-state index in [1.807, 2.05) is 36.9 Å². The monoisotopic (exact) mass is 326 g/mol. The molecule has 1 fully saturated rings. The van der Waals surface area contributed by atoms with E-state index < -0.39 is 0 Å². The third-order valence-electron chi connectivity index (χ3n) is 4.67. The van der Waals surface area contributed by atoms with Crippen LogP contribution in [0.3, 0.4) is 0 Å². The van der Waals surface area contributed by atoms with Crippen LogP contribution in [0.1, 0.15) is 25.0 Å². The number of aromatic nitrogens is 2. The zero-order valence-electron chi connectivity index (χ0n) is 14.0. The normalized spacial score (nSPS) is 20.1. The molecule has 1 saturated carbocycles. The molecule has 0 radical (unpaired) electrons. The van der Waals surface area contributed by atoms with E-state index in [1.54, 1.807) is 0 Å². The van der Waals surface area contributed by atoms with Crippen LogP contribution in [0.5, 0.6) is 0 Å². The van der Waals surface area contributed by atoms with Gasteiger partial charge in [-0.15, -0.1) is 0 Å². The molecule has 0 saturated heterocycles. The predicted octanol–water partition coefficient (Wildman–Crippen LogP) is 2.29. The fraction of sp³-hybridized carbons (Fsp3) is 0.389. The van der Waals surface area contributed by atoms with Gasteiger partial charge in [-0.3, -0.25) is 14.3 Å². The summed E-state index contributed by atoms with van der Waals surface area (Å²) >= 11 is 0. The molecular formula is C18H22N4O2. The lowest BCUT2D eigenvalue weighted by Crippen LogP contribution is -2.41. The summed E-state index contributed by atoms with van der Waals surface area (Å²) in [4.78, 5) is 24.1. The van der Waals surface area contributed by atoms with Gasteiger partial charge in [-0.2, -0.15) is 5.10 Å². The number of carbonyl (C=O) groups excluding carboxylic acids is 2. The van der Waals surface area contributed by atoms with Crippen LogP contribution in [-0.4, -0.2) is 27.6 Å². The maximum atomic E-state index is 12.6. The van der Waals surface area contributed by atoms with Gasteiger partial charge in [0.1, 0.15) is 0 Å². The van der Waals surface area contributed by atoms with Crippen LogP contribution in [0.15, 0.2) is 30.9 Å². The molecule has 6 heteroatoms. The number of hydrogen-bond acceptors (Lipinski definition) is 3. The average molecular weight is 326 g/mol. The zero-order valence-corrected chi connectivity index (χ0v) is 14.0. The SMILES string of the molecule is C=CC(=O)N[C@@H]1CCC[C@H]1C(=O)Nc1ccc2c(C)nn(C)c2c1. The highest BCUT2D eigenvalue weighted by Crippen LogP contribution is 2.28. The summed E-state index contributed by atoms with van der Waals surface area (Å²) in [7, 11) is 1.89. The summed E-state index contributed by atoms with van der Waals surface area (Å²) in [6, 6.07) is 5.66. The Hall–Kier alpha value is -2.63. The van der Waals surface area contributed by atoms with Crippen LogP contribution in [0.2, 0.25) is 0 Å². The Morgan fingerprint density at radius 3 is 2.92 bits per heavy atom. The van der Waals surface area contributed by atoms with Crippen molar-refractivity contribution in [3.63, 3.8) is 0 Å². The van der Waals surface area contributed by atoms with E-state index in [-0.39, 0.29) is 23.8 Å². The van der Waals surface area contributed by atoms with Gasteiger partial charge in [0.25, 0.3) is 0 Å². The van der Waals surface area contributed by atoms with Crippen molar-refractivity contribution in [2.45, 2.75) is 32.2 Å². The fourth-order valence-electron chi connectivity index (χ4n) is 3.44. The van der Waals surface area contributed by atoms with E-state index >= 15 is 0 Å². The molecule has 1 aliphatic carbocycles. The first-order valence-electron chi connectivity index (χ1n) is 8.16. The molecule has 1 aliphatic rings. The summed E-state index contributed by atoms with van der Waals surface area (Å²) in [5.41, 5.74) is 2.69. The second-order valence-electron chi connectivity index (χ2n) is 6.29. The van der Waals surface area contributed by atoms with E-state index in [0.29, 0.717) is 0 Å². The van der Waals surface area contributed by atoms with Gasteiger partial charge in [0.15, 0.2) is 0 Å². The lowest BCUT2D eigenvalue weighted by atomic mass is 10.0. The smallest absolute Gasteiger partial charge is 0.243 e. The first kappa shape index (κ1) is 16.2. The Bertz CT molecular complexity index is 809. The molecule has 6 nitrogen and oxygen atoms in total. The molecule has 126 valence electrons. The van der Waals surface area contributed by atoms with Crippen LogP contribution in [0.4, 0.5) is 5.69 Å². The number of amides is 2. The quantitative estimate of drug-likeness (QED) is 0.847. The molecular weight excluding hydrogens is 304 g/mol. The number of rotatable bonds is 4. The fourth-order valence-corrected chi connectivity index (χ4v) is 3.44. The molecule has 1 heterocycles. The molecule has 0 bridgehead atoms. The van der Waals surface area contributed by atoms with E-state index in [1.165, 1.54) is 6.08 Å². The molecule has 1 aromatic heterocycles. The summed E-state index contributed by atoms with van der Waals surface area (Å²) < 4.78 is 1.81. The molecule has 0 aliphatic heterocycles. The van der Waals surface area contributed by atoms with Crippen molar-refractivity contribution in [2.24, 2.45) is 13.0 Å². The number of benzene rings is 1. The molecule has 1 aromatic carbocycles. The van der Waals surface area contributed by atoms with Gasteiger partial charge in [-0.05, 0) is 44.0 Å². The Morgan fingerprint density at radius 1 is 1.38 bits per heavy atom. The van der Waals surface area contributed by atoms with E-state index in [0.717, 1.165) is 41.5 Å². The number of nitrogens with zero attached hydrogens (tertiary/aromatic N) is 2. The molecule has 2 atom stereocenters. The van der Waals surface area contributed by atoms with Gasteiger partial charge in [0.2, 0.25) is 11.8 Å². The summed E-state index contributed by atoms with van der Waals surface area (Å²) in [5.74, 6) is -0.496. The second-order valence-corrected chi connectivity index (χ2v) is 6.29. The summed E-state index contributed by atoms with van der Waals surface area (Å²) in [6.07, 6.45) is 3.77. The third kappa shape index (κ3) is 3.04. The molecule has 3 rings (SSSR count). The van der Waals surface area contributed by atoms with Gasteiger partial charge in [0.05, 0.1) is 17.1 Å². The number of anilines is 1. The standard InChI is InChI=1S/C18H22N4O2/c1-4-17(23)20-15-7-5-6-14(15)18(24)19-12-8-9-13-11(2)21-22(3)16(13)10-12/h4,8-10,14-15H,1,5-7H2,2-3H3,(H,19,24)(H,20,23)/t14-,15-/m1/s1. The number of carbonyl (C=O) groups is 2. The highest BCUT2D eigenvalue weighted by atomic mass is 16.2. The van der Waals surface area contributed by atoms with Crippen LogP contribution in [-0.2, 0) is 16.6 Å². The maximum absolute atomic E-state index is 12.6. The van der Waals surface area contributed by atoms with Crippen molar-refractivity contribution in [3.05, 3.63) is 36.5 Å². The van der Waals surface area contributed by atoms with Crippen molar-refractivity contribution >= 4 is 28.4 Å². The van der Waals surface area contributed by atoms with Gasteiger partial charge in [0, 0.05) is 24.2 Å². The van der Waals surface area contributed by atoms with Crippen molar-refractivity contribution in [1.82, 2.24) is 15.1 Å². The number of nitrogens with one attached hydrogen (secondary N) is 2. The molecule has 2 aromatic rings. The third-order valence-corrected chi connectivity index (χ3v) is 4.67. The topological polar surface area (TPSA) is 76.0 Å². The van der Waals surface area contributed by atoms with Crippen molar-refractivity contribution < 1.29 is 9.59 Å². The van der Waals surface area contributed by atoms with E-state index in [4.69, 9.17) is 0 Å². The second kappa shape index (κ2) is 6.47. The zero-order chi connectivity index (χ0) is 17.3. The lowest BCUT2D eigenvalue weighted by molar-refractivity contribution is -0.121. The van der Waals surface area contributed by atoms with Crippen molar-refractivity contribution in [2.75, 3.05) is 5.32 Å². The molecule has 0 unspecified atom stereocenters. The van der Waals surface area contributed by atoms with Gasteiger partial charge in [-0.1, -0.05) is 13.0 Å². The summed E-state index contributed by atoms with van der Waals surface area (Å²) in [5, 5.41) is 11.3. The minimum Gasteiger partial charge on any atom is -0.349 e. The predicted molar refractivity (Wildman–Crippen MR) is 93.5 cm³/mol. The van der Waals surface area contributed by atoms with Crippen molar-refractivity contribution in [3.8, 4) is 0 Å². The Labute approximate surface area is 140 Å². The molecule has 0 spiro atoms. The summed E-state index contributed by atoms with van der Waals surface area (Å²) in [6.45, 7) is 5.42. The van der Waals surface area contributed by atoms with E-state index in [2.05, 4.69) is 22.3 Å². The maximum Gasteiger partial charge on any atom is 0.243 e. The average Bonchev–Trinajstić information content (AvgIpc) is 3.12. The van der Waals surface area contributed by atoms with Crippen LogP contribution in [0.25, 0.3) is 10.9 Å². The number of aryl methyl sites for hydroxylation is 2. The van der Waals surface area contributed by atoms with Gasteiger partial charge < -0.3 is 10.6 Å². The first-order chi connectivity index (χ1) is 11.5. The number of fused-ring (bicyclic) bond motifs is 1. The van der Waals surface area contributed by atoms with E-state index in [9.17, 15) is 9.59 Å². The van der Waals surface area contributed by atoms with Gasteiger partial charge in [-0.25, -0.2) is 0 Å². The van der Waals surface area contributed by atoms with Crippen LogP contribution >= 0.6 is 0 Å². The van der Waals surface area contributed by atoms with Crippen molar-refractivity contribution in [1.29, 1.82) is 0 Å². The first-order valence-corrected chi connectivity index (χ1v) is 8.16. The highest BCUT2D eigenvalue weighted by Gasteiger charge is 2.33. The number of hydrogen-bond donors (Lipinski definition) is 2.